The van der Waals surface area contributed by atoms with Crippen LogP contribution in [0.4, 0.5) is 4.79 Å². The molecule has 0 aromatic rings. The van der Waals surface area contributed by atoms with Gasteiger partial charge in [0, 0.05) is 13.1 Å². The van der Waals surface area contributed by atoms with E-state index in [-0.39, 0.29) is 6.09 Å². The maximum Gasteiger partial charge on any atom is 0.409 e. The Morgan fingerprint density at radius 3 is 3.21 bits per heavy atom. The fourth-order valence-corrected chi connectivity index (χ4v) is 2.42. The number of allylic oxidation sites excluding steroid dienone is 1. The summed E-state index contributed by atoms with van der Waals surface area (Å²) in [5.74, 6) is 0.740. The Balaban J connectivity index is 2.02. The summed E-state index contributed by atoms with van der Waals surface area (Å²) in [5.41, 5.74) is 1.45. The van der Waals surface area contributed by atoms with Crippen LogP contribution >= 0.6 is 0 Å². The van der Waals surface area contributed by atoms with Gasteiger partial charge in [-0.2, -0.15) is 0 Å². The lowest BCUT2D eigenvalue weighted by molar-refractivity contribution is 0.116. The number of nitrogens with zero attached hydrogens (tertiary/aromatic N) is 1. The summed E-state index contributed by atoms with van der Waals surface area (Å²) in [6, 6.07) is 0. The summed E-state index contributed by atoms with van der Waals surface area (Å²) in [6.45, 7) is 1.64. The fourth-order valence-electron chi connectivity index (χ4n) is 2.42. The molecule has 3 nitrogen and oxygen atoms in total. The average molecular weight is 195 g/mol. The molecular weight excluding hydrogens is 178 g/mol. The molecule has 1 saturated heterocycles. The summed E-state index contributed by atoms with van der Waals surface area (Å²) in [6.07, 6.45) is 7.04. The van der Waals surface area contributed by atoms with E-state index in [9.17, 15) is 4.79 Å². The minimum atomic E-state index is -0.185. The van der Waals surface area contributed by atoms with E-state index in [0.29, 0.717) is 0 Å². The summed E-state index contributed by atoms with van der Waals surface area (Å²) in [7, 11) is 1.45. The summed E-state index contributed by atoms with van der Waals surface area (Å²) in [4.78, 5) is 13.1. The SMILES string of the molecule is COC(=O)N1CCC2CCCC=C2C1. The number of carbonyl (C=O) groups excluding carboxylic acids is 1. The number of amides is 1. The molecule has 0 spiro atoms. The third kappa shape index (κ3) is 1.76. The number of fused-ring (bicyclic) bond motifs is 1. The van der Waals surface area contributed by atoms with Gasteiger partial charge in [0.2, 0.25) is 0 Å². The fraction of sp³-hybridized carbons (Fsp3) is 0.727. The molecule has 1 aliphatic heterocycles. The highest BCUT2D eigenvalue weighted by Crippen LogP contribution is 2.31. The van der Waals surface area contributed by atoms with Gasteiger partial charge in [0.15, 0.2) is 0 Å². The Labute approximate surface area is 84.7 Å². The Morgan fingerprint density at radius 2 is 2.43 bits per heavy atom. The van der Waals surface area contributed by atoms with Crippen LogP contribution in [0, 0.1) is 5.92 Å². The van der Waals surface area contributed by atoms with Crippen molar-refractivity contribution in [2.24, 2.45) is 5.92 Å². The lowest BCUT2D eigenvalue weighted by Crippen LogP contribution is -2.40. The summed E-state index contributed by atoms with van der Waals surface area (Å²) in [5, 5.41) is 0. The molecule has 1 fully saturated rings. The van der Waals surface area contributed by atoms with Gasteiger partial charge >= 0.3 is 6.09 Å². The van der Waals surface area contributed by atoms with E-state index in [1.165, 1.54) is 31.9 Å². The minimum Gasteiger partial charge on any atom is -0.453 e. The topological polar surface area (TPSA) is 29.5 Å². The van der Waals surface area contributed by atoms with E-state index in [4.69, 9.17) is 4.74 Å². The number of hydrogen-bond donors (Lipinski definition) is 0. The van der Waals surface area contributed by atoms with Gasteiger partial charge in [-0.15, -0.1) is 0 Å². The minimum absolute atomic E-state index is 0.185. The van der Waals surface area contributed by atoms with Crippen molar-refractivity contribution in [1.82, 2.24) is 4.90 Å². The quantitative estimate of drug-likeness (QED) is 0.554. The molecule has 0 aromatic heterocycles. The third-order valence-corrected chi connectivity index (χ3v) is 3.24. The van der Waals surface area contributed by atoms with Gasteiger partial charge in [-0.3, -0.25) is 0 Å². The van der Waals surface area contributed by atoms with Gasteiger partial charge in [-0.05, 0) is 31.6 Å². The molecule has 0 aromatic carbocycles. The lowest BCUT2D eigenvalue weighted by atomic mass is 9.83. The van der Waals surface area contributed by atoms with E-state index in [1.54, 1.807) is 4.90 Å². The third-order valence-electron chi connectivity index (χ3n) is 3.24. The number of carbonyl (C=O) groups is 1. The van der Waals surface area contributed by atoms with E-state index in [0.717, 1.165) is 25.4 Å². The van der Waals surface area contributed by atoms with Crippen LogP contribution in [0.2, 0.25) is 0 Å². The maximum absolute atomic E-state index is 11.3. The van der Waals surface area contributed by atoms with Crippen LogP contribution in [0.3, 0.4) is 0 Å². The van der Waals surface area contributed by atoms with Gasteiger partial charge in [-0.1, -0.05) is 11.6 Å². The summed E-state index contributed by atoms with van der Waals surface area (Å²) >= 11 is 0. The highest BCUT2D eigenvalue weighted by atomic mass is 16.5. The van der Waals surface area contributed by atoms with Crippen molar-refractivity contribution >= 4 is 6.09 Å². The first-order chi connectivity index (χ1) is 6.81. The van der Waals surface area contributed by atoms with Gasteiger partial charge in [0.1, 0.15) is 0 Å². The zero-order valence-electron chi connectivity index (χ0n) is 8.66. The maximum atomic E-state index is 11.3. The molecule has 1 unspecified atom stereocenters. The second-order valence-corrected chi connectivity index (χ2v) is 4.09. The first-order valence-electron chi connectivity index (χ1n) is 5.33. The molecule has 1 heterocycles. The van der Waals surface area contributed by atoms with Gasteiger partial charge in [0.05, 0.1) is 7.11 Å². The van der Waals surface area contributed by atoms with Crippen molar-refractivity contribution < 1.29 is 9.53 Å². The van der Waals surface area contributed by atoms with Crippen LogP contribution in [0.5, 0.6) is 0 Å². The van der Waals surface area contributed by atoms with Crippen LogP contribution in [-0.2, 0) is 4.74 Å². The van der Waals surface area contributed by atoms with Crippen molar-refractivity contribution in [2.75, 3.05) is 20.2 Å². The Kier molecular flexibility index (Phi) is 2.75. The zero-order chi connectivity index (χ0) is 9.97. The van der Waals surface area contributed by atoms with Gasteiger partial charge in [-0.25, -0.2) is 4.79 Å². The normalized spacial score (nSPS) is 26.5. The highest BCUT2D eigenvalue weighted by molar-refractivity contribution is 5.68. The average Bonchev–Trinajstić information content (AvgIpc) is 2.27. The number of rotatable bonds is 0. The molecule has 0 radical (unpaired) electrons. The van der Waals surface area contributed by atoms with E-state index in [1.807, 2.05) is 0 Å². The van der Waals surface area contributed by atoms with E-state index < -0.39 is 0 Å². The molecule has 0 saturated carbocycles. The predicted molar refractivity (Wildman–Crippen MR) is 54.0 cm³/mol. The Hall–Kier alpha value is -0.990. The monoisotopic (exact) mass is 195 g/mol. The number of likely N-dealkylation sites (tertiary alicyclic amines) is 1. The molecule has 78 valence electrons. The second-order valence-electron chi connectivity index (χ2n) is 4.09. The molecule has 1 atom stereocenters. The second kappa shape index (κ2) is 4.03. The molecule has 1 aliphatic carbocycles. The van der Waals surface area contributed by atoms with Crippen molar-refractivity contribution in [1.29, 1.82) is 0 Å². The van der Waals surface area contributed by atoms with E-state index >= 15 is 0 Å². The molecule has 2 aliphatic rings. The molecule has 2 rings (SSSR count). The largest absolute Gasteiger partial charge is 0.453 e. The summed E-state index contributed by atoms with van der Waals surface area (Å²) < 4.78 is 4.73. The first kappa shape index (κ1) is 9.56. The van der Waals surface area contributed by atoms with E-state index in [2.05, 4.69) is 6.08 Å². The number of ether oxygens (including phenoxy) is 1. The molecule has 0 bridgehead atoms. The smallest absolute Gasteiger partial charge is 0.409 e. The highest BCUT2D eigenvalue weighted by Gasteiger charge is 2.27. The molecule has 14 heavy (non-hydrogen) atoms. The Bertz CT molecular complexity index is 260. The predicted octanol–water partition coefficient (Wildman–Crippen LogP) is 2.19. The molecular formula is C11H17NO2. The zero-order valence-corrected chi connectivity index (χ0v) is 8.66. The van der Waals surface area contributed by atoms with Gasteiger partial charge in [0.25, 0.3) is 0 Å². The molecule has 1 amide bonds. The lowest BCUT2D eigenvalue weighted by Gasteiger charge is -2.35. The van der Waals surface area contributed by atoms with Crippen molar-refractivity contribution in [2.45, 2.75) is 25.7 Å². The van der Waals surface area contributed by atoms with Crippen molar-refractivity contribution in [3.05, 3.63) is 11.6 Å². The van der Waals surface area contributed by atoms with Crippen LogP contribution in [0.15, 0.2) is 11.6 Å². The van der Waals surface area contributed by atoms with Crippen molar-refractivity contribution in [3.63, 3.8) is 0 Å². The number of hydrogen-bond acceptors (Lipinski definition) is 2. The molecule has 3 heteroatoms. The standard InChI is InChI=1S/C11H17NO2/c1-14-11(13)12-7-6-9-4-2-3-5-10(9)8-12/h5,9H,2-4,6-8H2,1H3. The first-order valence-corrected chi connectivity index (χ1v) is 5.33. The van der Waals surface area contributed by atoms with Gasteiger partial charge < -0.3 is 9.64 Å². The number of methoxy groups -OCH3 is 1. The van der Waals surface area contributed by atoms with Crippen LogP contribution in [0.25, 0.3) is 0 Å². The van der Waals surface area contributed by atoms with Crippen LogP contribution < -0.4 is 0 Å². The van der Waals surface area contributed by atoms with Crippen molar-refractivity contribution in [3.8, 4) is 0 Å². The number of piperidine rings is 1. The van der Waals surface area contributed by atoms with Crippen LogP contribution in [0.1, 0.15) is 25.7 Å². The molecule has 0 N–H and O–H groups in total. The van der Waals surface area contributed by atoms with Crippen LogP contribution in [-0.4, -0.2) is 31.2 Å². The Morgan fingerprint density at radius 1 is 1.57 bits per heavy atom.